The van der Waals surface area contributed by atoms with Crippen LogP contribution < -0.4 is 5.32 Å². The first kappa shape index (κ1) is 16.8. The summed E-state index contributed by atoms with van der Waals surface area (Å²) in [6.45, 7) is 0.832. The Morgan fingerprint density at radius 3 is 2.48 bits per heavy atom. The summed E-state index contributed by atoms with van der Waals surface area (Å²) in [5.74, 6) is 0. The molecule has 4 heteroatoms. The van der Waals surface area contributed by atoms with Crippen LogP contribution in [0.25, 0.3) is 6.08 Å². The first-order valence-corrected chi connectivity index (χ1v) is 7.59. The van der Waals surface area contributed by atoms with Crippen LogP contribution in [-0.4, -0.2) is 24.4 Å². The summed E-state index contributed by atoms with van der Waals surface area (Å²) in [6, 6.07) is 17.5. The Morgan fingerprint density at radius 1 is 1.04 bits per heavy atom. The summed E-state index contributed by atoms with van der Waals surface area (Å²) in [7, 11) is 0. The minimum atomic E-state index is -0.434. The average molecular weight is 311 g/mol. The molecule has 2 aromatic carbocycles. The second kappa shape index (κ2) is 9.43. The molecule has 0 aliphatic rings. The lowest BCUT2D eigenvalue weighted by Gasteiger charge is -2.05. The molecule has 0 aliphatic carbocycles. The summed E-state index contributed by atoms with van der Waals surface area (Å²) >= 11 is 0. The van der Waals surface area contributed by atoms with Crippen LogP contribution in [0.3, 0.4) is 0 Å². The van der Waals surface area contributed by atoms with Crippen LogP contribution in [0.2, 0.25) is 0 Å². The Labute approximate surface area is 136 Å². The van der Waals surface area contributed by atoms with Gasteiger partial charge >= 0.3 is 6.09 Å². The van der Waals surface area contributed by atoms with Crippen molar-refractivity contribution in [3.63, 3.8) is 0 Å². The maximum Gasteiger partial charge on any atom is 0.407 e. The second-order valence-electron chi connectivity index (χ2n) is 5.06. The van der Waals surface area contributed by atoms with E-state index in [4.69, 9.17) is 9.84 Å². The fourth-order valence-electron chi connectivity index (χ4n) is 2.04. The minimum Gasteiger partial charge on any atom is -0.445 e. The quantitative estimate of drug-likeness (QED) is 0.826. The molecule has 0 radical (unpaired) electrons. The molecule has 1 amide bonds. The van der Waals surface area contributed by atoms with E-state index < -0.39 is 6.09 Å². The van der Waals surface area contributed by atoms with Crippen molar-refractivity contribution in [2.45, 2.75) is 13.0 Å². The van der Waals surface area contributed by atoms with E-state index in [0.717, 1.165) is 16.7 Å². The van der Waals surface area contributed by atoms with Gasteiger partial charge in [0.25, 0.3) is 0 Å². The van der Waals surface area contributed by atoms with Crippen LogP contribution in [0.5, 0.6) is 0 Å². The zero-order valence-corrected chi connectivity index (χ0v) is 12.9. The van der Waals surface area contributed by atoms with Crippen LogP contribution in [-0.2, 0) is 17.8 Å². The fourth-order valence-corrected chi connectivity index (χ4v) is 2.04. The monoisotopic (exact) mass is 311 g/mol. The standard InChI is InChI=1S/C19H21NO3/c21-14-12-17-10-8-16(9-11-17)7-4-13-20-19(22)23-15-18-5-2-1-3-6-18/h1-11,21H,12-15H2,(H,20,22). The molecule has 0 saturated heterocycles. The third kappa shape index (κ3) is 6.36. The summed E-state index contributed by atoms with van der Waals surface area (Å²) in [5, 5.41) is 11.5. The molecule has 2 N–H and O–H groups in total. The normalized spacial score (nSPS) is 10.7. The maximum atomic E-state index is 11.6. The third-order valence-electron chi connectivity index (χ3n) is 3.27. The van der Waals surface area contributed by atoms with Crippen molar-refractivity contribution in [2.75, 3.05) is 13.2 Å². The molecule has 0 saturated carbocycles. The molecule has 0 spiro atoms. The molecular formula is C19H21NO3. The third-order valence-corrected chi connectivity index (χ3v) is 3.27. The Bertz CT molecular complexity index is 621. The fraction of sp³-hybridized carbons (Fsp3) is 0.211. The SMILES string of the molecule is O=C(NCC=Cc1ccc(CCO)cc1)OCc1ccccc1. The Balaban J connectivity index is 1.68. The van der Waals surface area contributed by atoms with Gasteiger partial charge in [-0.3, -0.25) is 0 Å². The molecule has 0 bridgehead atoms. The molecule has 0 heterocycles. The molecule has 0 unspecified atom stereocenters. The predicted molar refractivity (Wildman–Crippen MR) is 90.9 cm³/mol. The Kier molecular flexibility index (Phi) is 6.88. The van der Waals surface area contributed by atoms with E-state index in [-0.39, 0.29) is 13.2 Å². The van der Waals surface area contributed by atoms with E-state index in [0.29, 0.717) is 13.0 Å². The number of carbonyl (C=O) groups excluding carboxylic acids is 1. The van der Waals surface area contributed by atoms with Gasteiger partial charge in [-0.25, -0.2) is 4.79 Å². The van der Waals surface area contributed by atoms with Crippen molar-refractivity contribution < 1.29 is 14.6 Å². The van der Waals surface area contributed by atoms with Gasteiger partial charge in [0.1, 0.15) is 6.61 Å². The van der Waals surface area contributed by atoms with E-state index in [2.05, 4.69) is 5.32 Å². The first-order chi connectivity index (χ1) is 11.3. The number of hydrogen-bond acceptors (Lipinski definition) is 3. The van der Waals surface area contributed by atoms with Gasteiger partial charge in [0, 0.05) is 13.2 Å². The van der Waals surface area contributed by atoms with Crippen LogP contribution in [0.15, 0.2) is 60.7 Å². The van der Waals surface area contributed by atoms with Gasteiger partial charge in [-0.15, -0.1) is 0 Å². The zero-order chi connectivity index (χ0) is 16.3. The molecule has 23 heavy (non-hydrogen) atoms. The summed E-state index contributed by atoms with van der Waals surface area (Å²) in [5.41, 5.74) is 3.11. The number of carbonyl (C=O) groups is 1. The highest BCUT2D eigenvalue weighted by atomic mass is 16.5. The van der Waals surface area contributed by atoms with Crippen LogP contribution in [0, 0.1) is 0 Å². The van der Waals surface area contributed by atoms with E-state index >= 15 is 0 Å². The van der Waals surface area contributed by atoms with Gasteiger partial charge in [-0.1, -0.05) is 66.7 Å². The largest absolute Gasteiger partial charge is 0.445 e. The number of aliphatic hydroxyl groups is 1. The van der Waals surface area contributed by atoms with Gasteiger partial charge in [-0.2, -0.15) is 0 Å². The van der Waals surface area contributed by atoms with E-state index in [1.54, 1.807) is 0 Å². The number of alkyl carbamates (subject to hydrolysis) is 1. The molecular weight excluding hydrogens is 290 g/mol. The highest BCUT2D eigenvalue weighted by molar-refractivity contribution is 5.67. The smallest absolute Gasteiger partial charge is 0.407 e. The van der Waals surface area contributed by atoms with Crippen LogP contribution in [0.4, 0.5) is 4.79 Å². The highest BCUT2D eigenvalue weighted by Gasteiger charge is 2.00. The van der Waals surface area contributed by atoms with Crippen molar-refractivity contribution in [2.24, 2.45) is 0 Å². The average Bonchev–Trinajstić information content (AvgIpc) is 2.59. The van der Waals surface area contributed by atoms with Gasteiger partial charge in [-0.05, 0) is 23.1 Å². The van der Waals surface area contributed by atoms with Gasteiger partial charge < -0.3 is 15.2 Å². The van der Waals surface area contributed by atoms with Crippen molar-refractivity contribution in [3.05, 3.63) is 77.4 Å². The lowest BCUT2D eigenvalue weighted by molar-refractivity contribution is 0.141. The van der Waals surface area contributed by atoms with E-state index in [1.165, 1.54) is 0 Å². The maximum absolute atomic E-state index is 11.6. The second-order valence-corrected chi connectivity index (χ2v) is 5.06. The van der Waals surface area contributed by atoms with Crippen molar-refractivity contribution in [1.82, 2.24) is 5.32 Å². The van der Waals surface area contributed by atoms with Crippen molar-refractivity contribution in [3.8, 4) is 0 Å². The number of nitrogens with one attached hydrogen (secondary N) is 1. The van der Waals surface area contributed by atoms with E-state index in [1.807, 2.05) is 66.7 Å². The lowest BCUT2D eigenvalue weighted by atomic mass is 10.1. The lowest BCUT2D eigenvalue weighted by Crippen LogP contribution is -2.24. The number of rotatable bonds is 7. The Hall–Kier alpha value is -2.59. The molecule has 2 rings (SSSR count). The Morgan fingerprint density at radius 2 is 1.78 bits per heavy atom. The topological polar surface area (TPSA) is 58.6 Å². The molecule has 0 aliphatic heterocycles. The summed E-state index contributed by atoms with van der Waals surface area (Å²) in [6.07, 6.45) is 4.03. The highest BCUT2D eigenvalue weighted by Crippen LogP contribution is 2.06. The first-order valence-electron chi connectivity index (χ1n) is 7.59. The summed E-state index contributed by atoms with van der Waals surface area (Å²) in [4.78, 5) is 11.6. The van der Waals surface area contributed by atoms with Gasteiger partial charge in [0.2, 0.25) is 0 Å². The van der Waals surface area contributed by atoms with Crippen molar-refractivity contribution >= 4 is 12.2 Å². The summed E-state index contributed by atoms with van der Waals surface area (Å²) < 4.78 is 5.12. The van der Waals surface area contributed by atoms with E-state index in [9.17, 15) is 4.79 Å². The molecule has 0 atom stereocenters. The molecule has 120 valence electrons. The molecule has 0 fully saturated rings. The van der Waals surface area contributed by atoms with Gasteiger partial charge in [0.05, 0.1) is 0 Å². The molecule has 2 aromatic rings. The molecule has 0 aromatic heterocycles. The minimum absolute atomic E-state index is 0.157. The van der Waals surface area contributed by atoms with Crippen molar-refractivity contribution in [1.29, 1.82) is 0 Å². The molecule has 4 nitrogen and oxygen atoms in total. The number of amides is 1. The van der Waals surface area contributed by atoms with Gasteiger partial charge in [0.15, 0.2) is 0 Å². The zero-order valence-electron chi connectivity index (χ0n) is 12.9. The van der Waals surface area contributed by atoms with Crippen LogP contribution in [0.1, 0.15) is 16.7 Å². The number of benzene rings is 2. The number of ether oxygens (including phenoxy) is 1. The predicted octanol–water partition coefficient (Wildman–Crippen LogP) is 3.16. The number of hydrogen-bond donors (Lipinski definition) is 2. The van der Waals surface area contributed by atoms with Crippen LogP contribution >= 0.6 is 0 Å². The number of aliphatic hydroxyl groups excluding tert-OH is 1.